The summed E-state index contributed by atoms with van der Waals surface area (Å²) in [5.41, 5.74) is 0. The maximum Gasteiger partial charge on any atom is 0.416 e. The molecule has 5 nitrogen and oxygen atoms in total. The molecule has 1 saturated heterocycles. The zero-order valence-corrected chi connectivity index (χ0v) is 16.7. The van der Waals surface area contributed by atoms with Crippen molar-refractivity contribution in [2.45, 2.75) is 62.8 Å². The largest absolute Gasteiger partial charge is 0.447 e. The molecule has 2 rings (SSSR count). The third kappa shape index (κ3) is 4.80. The number of cyclic esters (lactones) is 1. The molecule has 1 N–H and O–H groups in total. The van der Waals surface area contributed by atoms with E-state index in [9.17, 15) is 14.7 Å². The third-order valence-electron chi connectivity index (χ3n) is 4.80. The molecule has 1 aromatic rings. The Bertz CT molecular complexity index is 607. The van der Waals surface area contributed by atoms with E-state index in [4.69, 9.17) is 4.74 Å². The van der Waals surface area contributed by atoms with Crippen molar-refractivity contribution in [1.82, 2.24) is 4.90 Å². The van der Waals surface area contributed by atoms with Crippen molar-refractivity contribution < 1.29 is 19.4 Å². The lowest BCUT2D eigenvalue weighted by molar-refractivity contribution is -0.137. The molecule has 6 heteroatoms. The highest BCUT2D eigenvalue weighted by Crippen LogP contribution is 2.32. The Morgan fingerprint density at radius 3 is 2.54 bits per heavy atom. The van der Waals surface area contributed by atoms with Crippen molar-refractivity contribution in [1.29, 1.82) is 0 Å². The summed E-state index contributed by atoms with van der Waals surface area (Å²) in [5.74, 6) is -0.914. The quantitative estimate of drug-likeness (QED) is 0.693. The van der Waals surface area contributed by atoms with Crippen molar-refractivity contribution in [2.75, 3.05) is 6.61 Å². The van der Waals surface area contributed by atoms with Crippen molar-refractivity contribution in [3.05, 3.63) is 30.3 Å². The fourth-order valence-corrected chi connectivity index (χ4v) is 4.52. The third-order valence-corrected chi connectivity index (χ3v) is 6.16. The van der Waals surface area contributed by atoms with Crippen LogP contribution in [0, 0.1) is 11.8 Å². The van der Waals surface area contributed by atoms with Crippen LogP contribution in [-0.2, 0) is 9.53 Å². The molecule has 2 amide bonds. The number of rotatable bonds is 8. The Hall–Kier alpha value is -1.53. The highest BCUT2D eigenvalue weighted by molar-refractivity contribution is 8.00. The van der Waals surface area contributed by atoms with Crippen LogP contribution in [0.3, 0.4) is 0 Å². The van der Waals surface area contributed by atoms with Gasteiger partial charge in [0, 0.05) is 10.1 Å². The first kappa shape index (κ1) is 20.8. The lowest BCUT2D eigenvalue weighted by atomic mass is 9.96. The van der Waals surface area contributed by atoms with E-state index in [1.807, 2.05) is 44.2 Å². The van der Waals surface area contributed by atoms with Crippen molar-refractivity contribution in [2.24, 2.45) is 11.8 Å². The van der Waals surface area contributed by atoms with Crippen LogP contribution in [0.1, 0.15) is 40.5 Å². The number of aliphatic hydroxyl groups is 1. The summed E-state index contributed by atoms with van der Waals surface area (Å²) in [7, 11) is 0. The number of amides is 2. The lowest BCUT2D eigenvalue weighted by Crippen LogP contribution is -2.48. The number of nitrogens with zero attached hydrogens (tertiary/aromatic N) is 1. The van der Waals surface area contributed by atoms with Gasteiger partial charge in [-0.2, -0.15) is 0 Å². The Kier molecular flexibility index (Phi) is 7.53. The summed E-state index contributed by atoms with van der Waals surface area (Å²) in [6.45, 7) is 7.90. The van der Waals surface area contributed by atoms with Gasteiger partial charge in [0.05, 0.1) is 18.1 Å². The Labute approximate surface area is 160 Å². The summed E-state index contributed by atoms with van der Waals surface area (Å²) in [6.07, 6.45) is 0.253. The molecule has 144 valence electrons. The van der Waals surface area contributed by atoms with Gasteiger partial charge in [-0.1, -0.05) is 52.3 Å². The predicted molar refractivity (Wildman–Crippen MR) is 103 cm³/mol. The molecule has 1 aromatic carbocycles. The van der Waals surface area contributed by atoms with Gasteiger partial charge in [-0.25, -0.2) is 9.69 Å². The van der Waals surface area contributed by atoms with Gasteiger partial charge in [0.15, 0.2) is 0 Å². The maximum absolute atomic E-state index is 12.9. The lowest BCUT2D eigenvalue weighted by Gasteiger charge is -2.30. The Morgan fingerprint density at radius 2 is 1.96 bits per heavy atom. The van der Waals surface area contributed by atoms with Crippen LogP contribution in [0.5, 0.6) is 0 Å². The fraction of sp³-hybridized carbons (Fsp3) is 0.600. The number of thioether (sulfide) groups is 1. The van der Waals surface area contributed by atoms with Crippen molar-refractivity contribution >= 4 is 23.8 Å². The molecule has 0 unspecified atom stereocenters. The normalized spacial score (nSPS) is 20.8. The van der Waals surface area contributed by atoms with E-state index in [2.05, 4.69) is 6.92 Å². The van der Waals surface area contributed by atoms with Crippen molar-refractivity contribution in [3.63, 3.8) is 0 Å². The first-order chi connectivity index (χ1) is 12.4. The van der Waals surface area contributed by atoms with E-state index < -0.39 is 18.1 Å². The van der Waals surface area contributed by atoms with Gasteiger partial charge in [-0.15, -0.1) is 11.8 Å². The molecule has 1 aliphatic heterocycles. The minimum absolute atomic E-state index is 0.111. The van der Waals surface area contributed by atoms with Crippen LogP contribution < -0.4 is 0 Å². The minimum Gasteiger partial charge on any atom is -0.447 e. The summed E-state index contributed by atoms with van der Waals surface area (Å²) in [5, 5.41) is 10.8. The molecule has 0 aliphatic carbocycles. The molecule has 26 heavy (non-hydrogen) atoms. The van der Waals surface area contributed by atoms with E-state index in [0.717, 1.165) is 17.7 Å². The van der Waals surface area contributed by atoms with E-state index >= 15 is 0 Å². The van der Waals surface area contributed by atoms with Crippen LogP contribution in [-0.4, -0.2) is 46.0 Å². The van der Waals surface area contributed by atoms with E-state index in [1.54, 1.807) is 18.7 Å². The van der Waals surface area contributed by atoms with Gasteiger partial charge >= 0.3 is 6.09 Å². The number of hydrogen-bond acceptors (Lipinski definition) is 5. The molecule has 0 bridgehead atoms. The molecule has 0 aromatic heterocycles. The summed E-state index contributed by atoms with van der Waals surface area (Å²) < 4.78 is 5.07. The number of carbonyl (C=O) groups excluding carboxylic acids is 2. The molecular weight excluding hydrogens is 350 g/mol. The summed E-state index contributed by atoms with van der Waals surface area (Å²) in [6, 6.07) is 9.60. The van der Waals surface area contributed by atoms with Crippen LogP contribution >= 0.6 is 11.8 Å². The second-order valence-corrected chi connectivity index (χ2v) is 8.45. The van der Waals surface area contributed by atoms with Crippen LogP contribution in [0.25, 0.3) is 0 Å². The van der Waals surface area contributed by atoms with Crippen LogP contribution in [0.2, 0.25) is 0 Å². The second-order valence-electron chi connectivity index (χ2n) is 7.13. The zero-order chi connectivity index (χ0) is 19.3. The van der Waals surface area contributed by atoms with E-state index in [0.29, 0.717) is 0 Å². The van der Waals surface area contributed by atoms with Gasteiger partial charge in [0.25, 0.3) is 0 Å². The first-order valence-electron chi connectivity index (χ1n) is 9.26. The SMILES string of the molecule is CCC[C@@H](Sc1ccccc1)[C@@H](O)[C@@H](C)C(=O)N1C(=O)OC[C@@H]1C(C)C. The number of carbonyl (C=O) groups is 2. The first-order valence-corrected chi connectivity index (χ1v) is 10.1. The van der Waals surface area contributed by atoms with Crippen molar-refractivity contribution in [3.8, 4) is 0 Å². The Balaban J connectivity index is 2.12. The highest BCUT2D eigenvalue weighted by atomic mass is 32.2. The average molecular weight is 380 g/mol. The summed E-state index contributed by atoms with van der Waals surface area (Å²) in [4.78, 5) is 27.2. The number of benzene rings is 1. The maximum atomic E-state index is 12.9. The fourth-order valence-electron chi connectivity index (χ4n) is 3.13. The molecule has 1 heterocycles. The van der Waals surface area contributed by atoms with E-state index in [1.165, 1.54) is 4.90 Å². The van der Waals surface area contributed by atoms with Gasteiger partial charge < -0.3 is 9.84 Å². The van der Waals surface area contributed by atoms with Gasteiger partial charge in [-0.05, 0) is 24.5 Å². The molecule has 4 atom stereocenters. The van der Waals surface area contributed by atoms with Gasteiger partial charge in [0.1, 0.15) is 6.61 Å². The number of imide groups is 1. The molecule has 0 spiro atoms. The number of aliphatic hydroxyl groups excluding tert-OH is 1. The van der Waals surface area contributed by atoms with Gasteiger partial charge in [-0.3, -0.25) is 4.79 Å². The smallest absolute Gasteiger partial charge is 0.416 e. The highest BCUT2D eigenvalue weighted by Gasteiger charge is 2.43. The summed E-state index contributed by atoms with van der Waals surface area (Å²) >= 11 is 1.58. The number of hydrogen-bond donors (Lipinski definition) is 1. The van der Waals surface area contributed by atoms with Gasteiger partial charge in [0.2, 0.25) is 5.91 Å². The van der Waals surface area contributed by atoms with E-state index in [-0.39, 0.29) is 29.7 Å². The minimum atomic E-state index is -0.839. The standard InChI is InChI=1S/C20H29NO4S/c1-5-9-17(26-15-10-7-6-8-11-15)18(22)14(4)19(23)21-16(13(2)3)12-25-20(21)24/h6-8,10-11,13-14,16-18,22H,5,9,12H2,1-4H3/t14-,16-,17-,18+/m1/s1. The topological polar surface area (TPSA) is 66.8 Å². The molecule has 0 radical (unpaired) electrons. The zero-order valence-electron chi connectivity index (χ0n) is 15.9. The van der Waals surface area contributed by atoms with Crippen LogP contribution in [0.15, 0.2) is 35.2 Å². The molecule has 1 fully saturated rings. The van der Waals surface area contributed by atoms with Crippen LogP contribution in [0.4, 0.5) is 4.79 Å². The molecule has 1 aliphatic rings. The monoisotopic (exact) mass is 379 g/mol. The molecule has 0 saturated carbocycles. The molecular formula is C20H29NO4S. The average Bonchev–Trinajstić information content (AvgIpc) is 3.02. The second kappa shape index (κ2) is 9.42. The Morgan fingerprint density at radius 1 is 1.31 bits per heavy atom. The number of ether oxygens (including phenoxy) is 1. The predicted octanol–water partition coefficient (Wildman–Crippen LogP) is 3.95.